The molecule has 0 aliphatic rings. The van der Waals surface area contributed by atoms with E-state index >= 15 is 0 Å². The summed E-state index contributed by atoms with van der Waals surface area (Å²) in [6.07, 6.45) is 1.15. The fraction of sp³-hybridized carbons (Fsp3) is 0.294. The summed E-state index contributed by atoms with van der Waals surface area (Å²) in [4.78, 5) is 0. The number of hydrogen-bond donors (Lipinski definition) is 1. The second-order valence-corrected chi connectivity index (χ2v) is 5.06. The number of ether oxygens (including phenoxy) is 1. The highest BCUT2D eigenvalue weighted by molar-refractivity contribution is 5.48. The quantitative estimate of drug-likeness (QED) is 0.790. The van der Waals surface area contributed by atoms with Crippen molar-refractivity contribution in [1.29, 1.82) is 0 Å². The Balaban J connectivity index is 2.15. The number of nitrogen functional groups attached to an aromatic ring is 1. The monoisotopic (exact) mass is 255 g/mol. The molecule has 0 saturated heterocycles. The first-order valence-corrected chi connectivity index (χ1v) is 6.73. The Morgan fingerprint density at radius 3 is 2.32 bits per heavy atom. The van der Waals surface area contributed by atoms with Crippen molar-refractivity contribution in [1.82, 2.24) is 0 Å². The molecule has 0 amide bonds. The van der Waals surface area contributed by atoms with Crippen LogP contribution in [-0.2, 0) is 0 Å². The van der Waals surface area contributed by atoms with Gasteiger partial charge in [-0.2, -0.15) is 0 Å². The minimum absolute atomic E-state index is 0.587. The van der Waals surface area contributed by atoms with Crippen LogP contribution in [0.2, 0.25) is 0 Å². The first kappa shape index (κ1) is 13.5. The number of hydrogen-bond acceptors (Lipinski definition) is 2. The predicted molar refractivity (Wildman–Crippen MR) is 80.8 cm³/mol. The lowest BCUT2D eigenvalue weighted by Gasteiger charge is -2.11. The highest BCUT2D eigenvalue weighted by Crippen LogP contribution is 2.27. The van der Waals surface area contributed by atoms with Crippen LogP contribution in [0, 0.1) is 6.92 Å². The van der Waals surface area contributed by atoms with Crippen LogP contribution in [0.5, 0.6) is 11.5 Å². The molecule has 0 aliphatic carbocycles. The second-order valence-electron chi connectivity index (χ2n) is 5.06. The van der Waals surface area contributed by atoms with E-state index in [-0.39, 0.29) is 0 Å². The molecule has 2 aromatic rings. The maximum atomic E-state index is 5.83. The fourth-order valence-electron chi connectivity index (χ4n) is 2.07. The Morgan fingerprint density at radius 2 is 1.74 bits per heavy atom. The third-order valence-corrected chi connectivity index (χ3v) is 3.37. The predicted octanol–water partition coefficient (Wildman–Crippen LogP) is 4.88. The molecule has 0 saturated carbocycles. The molecule has 2 rings (SSSR count). The molecular weight excluding hydrogens is 234 g/mol. The summed E-state index contributed by atoms with van der Waals surface area (Å²) in [5, 5.41) is 0. The Morgan fingerprint density at radius 1 is 1.05 bits per heavy atom. The maximum absolute atomic E-state index is 5.83. The molecule has 0 aromatic heterocycles. The third kappa shape index (κ3) is 3.50. The Labute approximate surface area is 115 Å². The Hall–Kier alpha value is -1.96. The number of benzene rings is 2. The van der Waals surface area contributed by atoms with E-state index in [4.69, 9.17) is 10.5 Å². The molecule has 0 fully saturated rings. The zero-order chi connectivity index (χ0) is 13.8. The van der Waals surface area contributed by atoms with Crippen molar-refractivity contribution in [3.63, 3.8) is 0 Å². The zero-order valence-corrected chi connectivity index (χ0v) is 11.8. The Bertz CT molecular complexity index is 525. The summed E-state index contributed by atoms with van der Waals surface area (Å²) in [6, 6.07) is 14.0. The normalized spacial score (nSPS) is 12.2. The summed E-state index contributed by atoms with van der Waals surface area (Å²) < 4.78 is 5.83. The van der Waals surface area contributed by atoms with E-state index in [0.717, 1.165) is 29.2 Å². The third-order valence-electron chi connectivity index (χ3n) is 3.37. The molecule has 0 bridgehead atoms. The maximum Gasteiger partial charge on any atom is 0.129 e. The van der Waals surface area contributed by atoms with E-state index in [2.05, 4.69) is 26.0 Å². The fourth-order valence-corrected chi connectivity index (χ4v) is 2.07. The van der Waals surface area contributed by atoms with E-state index in [1.807, 2.05) is 37.3 Å². The molecular formula is C17H21NO. The van der Waals surface area contributed by atoms with Gasteiger partial charge in [0.1, 0.15) is 11.5 Å². The van der Waals surface area contributed by atoms with E-state index in [1.54, 1.807) is 0 Å². The highest BCUT2D eigenvalue weighted by atomic mass is 16.5. The molecule has 2 heteroatoms. The summed E-state index contributed by atoms with van der Waals surface area (Å²) in [7, 11) is 0. The molecule has 0 aliphatic heterocycles. The van der Waals surface area contributed by atoms with Crippen LogP contribution in [0.3, 0.4) is 0 Å². The smallest absolute Gasteiger partial charge is 0.129 e. The van der Waals surface area contributed by atoms with Crippen molar-refractivity contribution in [2.24, 2.45) is 0 Å². The van der Waals surface area contributed by atoms with Gasteiger partial charge in [0.25, 0.3) is 0 Å². The van der Waals surface area contributed by atoms with E-state index in [0.29, 0.717) is 5.92 Å². The van der Waals surface area contributed by atoms with Gasteiger partial charge < -0.3 is 10.5 Å². The second kappa shape index (κ2) is 5.79. The van der Waals surface area contributed by atoms with Gasteiger partial charge in [-0.1, -0.05) is 26.0 Å². The summed E-state index contributed by atoms with van der Waals surface area (Å²) >= 11 is 0. The Kier molecular flexibility index (Phi) is 4.10. The highest BCUT2D eigenvalue weighted by Gasteiger charge is 2.04. The van der Waals surface area contributed by atoms with E-state index < -0.39 is 0 Å². The van der Waals surface area contributed by atoms with Crippen LogP contribution in [0.1, 0.15) is 37.3 Å². The lowest BCUT2D eigenvalue weighted by molar-refractivity contribution is 0.482. The average molecular weight is 255 g/mol. The van der Waals surface area contributed by atoms with Crippen LogP contribution in [-0.4, -0.2) is 0 Å². The van der Waals surface area contributed by atoms with Crippen molar-refractivity contribution in [2.75, 3.05) is 5.73 Å². The van der Waals surface area contributed by atoms with Gasteiger partial charge in [0.15, 0.2) is 0 Å². The molecule has 2 nitrogen and oxygen atoms in total. The number of anilines is 1. The SMILES string of the molecule is CCC(C)c1ccc(Oc2cc(C)cc(N)c2)cc1. The minimum atomic E-state index is 0.587. The summed E-state index contributed by atoms with van der Waals surface area (Å²) in [6.45, 7) is 6.44. The van der Waals surface area contributed by atoms with E-state index in [1.165, 1.54) is 5.56 Å². The molecule has 19 heavy (non-hydrogen) atoms. The van der Waals surface area contributed by atoms with Crippen LogP contribution in [0.4, 0.5) is 5.69 Å². The molecule has 2 N–H and O–H groups in total. The van der Waals surface area contributed by atoms with E-state index in [9.17, 15) is 0 Å². The molecule has 0 heterocycles. The number of rotatable bonds is 4. The largest absolute Gasteiger partial charge is 0.457 e. The lowest BCUT2D eigenvalue weighted by Crippen LogP contribution is -1.92. The molecule has 1 unspecified atom stereocenters. The molecule has 100 valence electrons. The van der Waals surface area contributed by atoms with Crippen molar-refractivity contribution in [3.05, 3.63) is 53.6 Å². The first-order valence-electron chi connectivity index (χ1n) is 6.73. The van der Waals surface area contributed by atoms with Gasteiger partial charge in [0.2, 0.25) is 0 Å². The lowest BCUT2D eigenvalue weighted by atomic mass is 9.99. The summed E-state index contributed by atoms with van der Waals surface area (Å²) in [5.74, 6) is 2.22. The molecule has 1 atom stereocenters. The van der Waals surface area contributed by atoms with Gasteiger partial charge >= 0.3 is 0 Å². The molecule has 0 spiro atoms. The standard InChI is InChI=1S/C17H21NO/c1-4-13(3)14-5-7-16(8-6-14)19-17-10-12(2)9-15(18)11-17/h5-11,13H,4,18H2,1-3H3. The minimum Gasteiger partial charge on any atom is -0.457 e. The van der Waals surface area contributed by atoms with Crippen LogP contribution < -0.4 is 10.5 Å². The van der Waals surface area contributed by atoms with Crippen molar-refractivity contribution in [2.45, 2.75) is 33.1 Å². The zero-order valence-electron chi connectivity index (χ0n) is 11.8. The van der Waals surface area contributed by atoms with Crippen molar-refractivity contribution >= 4 is 5.69 Å². The first-order chi connectivity index (χ1) is 9.08. The van der Waals surface area contributed by atoms with Gasteiger partial charge in [-0.05, 0) is 54.7 Å². The summed E-state index contributed by atoms with van der Waals surface area (Å²) in [5.41, 5.74) is 8.99. The number of nitrogens with two attached hydrogens (primary N) is 1. The van der Waals surface area contributed by atoms with Crippen LogP contribution in [0.15, 0.2) is 42.5 Å². The van der Waals surface area contributed by atoms with Crippen LogP contribution in [0.25, 0.3) is 0 Å². The van der Waals surface area contributed by atoms with Gasteiger partial charge in [-0.15, -0.1) is 0 Å². The molecule has 2 aromatic carbocycles. The van der Waals surface area contributed by atoms with Crippen molar-refractivity contribution < 1.29 is 4.74 Å². The van der Waals surface area contributed by atoms with Gasteiger partial charge in [0, 0.05) is 11.8 Å². The number of aryl methyl sites for hydroxylation is 1. The van der Waals surface area contributed by atoms with Gasteiger partial charge in [-0.25, -0.2) is 0 Å². The van der Waals surface area contributed by atoms with Crippen molar-refractivity contribution in [3.8, 4) is 11.5 Å². The van der Waals surface area contributed by atoms with Crippen LogP contribution >= 0.6 is 0 Å². The van der Waals surface area contributed by atoms with Gasteiger partial charge in [0.05, 0.1) is 0 Å². The molecule has 0 radical (unpaired) electrons. The topological polar surface area (TPSA) is 35.2 Å². The van der Waals surface area contributed by atoms with Gasteiger partial charge in [-0.3, -0.25) is 0 Å². The average Bonchev–Trinajstić information content (AvgIpc) is 2.37.